The third-order valence-corrected chi connectivity index (χ3v) is 6.52. The average Bonchev–Trinajstić information content (AvgIpc) is 2.46. The van der Waals surface area contributed by atoms with Crippen LogP contribution in [0.15, 0.2) is 0 Å². The van der Waals surface area contributed by atoms with Gasteiger partial charge in [-0.3, -0.25) is 0 Å². The Morgan fingerprint density at radius 2 is 2.00 bits per heavy atom. The first kappa shape index (κ1) is 19.1. The molecule has 2 N–H and O–H groups in total. The Kier molecular flexibility index (Phi) is 7.36. The number of nitrogens with two attached hydrogens (primary N) is 1. The van der Waals surface area contributed by atoms with Crippen molar-refractivity contribution in [2.24, 2.45) is 11.7 Å². The van der Waals surface area contributed by atoms with Crippen molar-refractivity contribution >= 4 is 22.6 Å². The van der Waals surface area contributed by atoms with Crippen LogP contribution in [0.4, 0.5) is 0 Å². The Morgan fingerprint density at radius 1 is 1.29 bits per heavy atom. The second-order valence-corrected chi connectivity index (χ2v) is 7.88. The van der Waals surface area contributed by atoms with Crippen LogP contribution < -0.4 is 5.73 Å². The summed E-state index contributed by atoms with van der Waals surface area (Å²) in [6.07, 6.45) is 3.61. The third kappa shape index (κ3) is 4.30. The number of methoxy groups -OCH3 is 1. The molecule has 0 bridgehead atoms. The van der Waals surface area contributed by atoms with Crippen molar-refractivity contribution in [3.05, 3.63) is 0 Å². The number of piperidine rings is 2. The lowest BCUT2D eigenvalue weighted by atomic mass is 10.0. The number of halogens is 1. The highest BCUT2D eigenvalue weighted by Crippen LogP contribution is 2.27. The predicted molar refractivity (Wildman–Crippen MR) is 85.7 cm³/mol. The van der Waals surface area contributed by atoms with E-state index < -0.39 is 10.2 Å². The van der Waals surface area contributed by atoms with Crippen LogP contribution in [0, 0.1) is 5.92 Å². The van der Waals surface area contributed by atoms with E-state index in [1.165, 1.54) is 0 Å². The molecule has 0 aromatic heterocycles. The largest absolute Gasteiger partial charge is 0.381 e. The number of hydrogen-bond donors (Lipinski definition) is 1. The summed E-state index contributed by atoms with van der Waals surface area (Å²) < 4.78 is 34.2. The minimum absolute atomic E-state index is 0. The van der Waals surface area contributed by atoms with Crippen molar-refractivity contribution in [3.8, 4) is 0 Å². The molecule has 0 aromatic rings. The van der Waals surface area contributed by atoms with E-state index in [1.54, 1.807) is 15.7 Å². The lowest BCUT2D eigenvalue weighted by molar-refractivity contribution is 0.0379. The maximum Gasteiger partial charge on any atom is 0.282 e. The lowest BCUT2D eigenvalue weighted by Gasteiger charge is -2.41. The molecule has 2 saturated heterocycles. The van der Waals surface area contributed by atoms with Crippen LogP contribution in [-0.4, -0.2) is 62.5 Å². The Morgan fingerprint density at radius 3 is 2.57 bits per heavy atom. The molecule has 0 radical (unpaired) electrons. The zero-order valence-corrected chi connectivity index (χ0v) is 14.5. The normalized spacial score (nSPS) is 32.6. The fourth-order valence-electron chi connectivity index (χ4n) is 3.23. The van der Waals surface area contributed by atoms with Gasteiger partial charge in [-0.25, -0.2) is 0 Å². The number of rotatable bonds is 4. The van der Waals surface area contributed by atoms with E-state index in [1.807, 2.05) is 0 Å². The van der Waals surface area contributed by atoms with Crippen LogP contribution in [0.2, 0.25) is 0 Å². The van der Waals surface area contributed by atoms with E-state index in [0.717, 1.165) is 19.3 Å². The van der Waals surface area contributed by atoms with Crippen molar-refractivity contribution in [1.29, 1.82) is 0 Å². The highest BCUT2D eigenvalue weighted by Gasteiger charge is 2.39. The first-order valence-corrected chi connectivity index (χ1v) is 8.88. The van der Waals surface area contributed by atoms with Gasteiger partial charge < -0.3 is 10.5 Å². The van der Waals surface area contributed by atoms with Crippen LogP contribution in [0.25, 0.3) is 0 Å². The van der Waals surface area contributed by atoms with Crippen molar-refractivity contribution in [2.75, 3.05) is 33.3 Å². The van der Waals surface area contributed by atoms with Crippen molar-refractivity contribution in [2.45, 2.75) is 44.8 Å². The summed E-state index contributed by atoms with van der Waals surface area (Å²) in [5.41, 5.74) is 5.78. The van der Waals surface area contributed by atoms with Crippen LogP contribution >= 0.6 is 12.4 Å². The lowest BCUT2D eigenvalue weighted by Crippen LogP contribution is -2.56. The molecule has 21 heavy (non-hydrogen) atoms. The van der Waals surface area contributed by atoms with Gasteiger partial charge >= 0.3 is 0 Å². The predicted octanol–water partition coefficient (Wildman–Crippen LogP) is 0.823. The summed E-state index contributed by atoms with van der Waals surface area (Å²) in [7, 11) is -1.70. The Balaban J connectivity index is 0.00000220. The van der Waals surface area contributed by atoms with E-state index in [4.69, 9.17) is 10.5 Å². The SMILES string of the molecule is COC1CCN(S(=O)(=O)N2CCCC(C)C2)C(CN)C1.Cl. The van der Waals surface area contributed by atoms with Crippen LogP contribution in [0.3, 0.4) is 0 Å². The van der Waals surface area contributed by atoms with Gasteiger partial charge in [-0.2, -0.15) is 17.0 Å². The zero-order chi connectivity index (χ0) is 14.8. The summed E-state index contributed by atoms with van der Waals surface area (Å²) in [6, 6.07) is -0.143. The summed E-state index contributed by atoms with van der Waals surface area (Å²) >= 11 is 0. The molecule has 2 rings (SSSR count). The van der Waals surface area contributed by atoms with Crippen LogP contribution in [0.5, 0.6) is 0 Å². The fraction of sp³-hybridized carbons (Fsp3) is 1.00. The molecule has 0 spiro atoms. The molecule has 2 fully saturated rings. The highest BCUT2D eigenvalue weighted by atomic mass is 35.5. The quantitative estimate of drug-likeness (QED) is 0.821. The Hall–Kier alpha value is 0.0800. The number of hydrogen-bond acceptors (Lipinski definition) is 4. The van der Waals surface area contributed by atoms with Gasteiger partial charge in [0.1, 0.15) is 0 Å². The van der Waals surface area contributed by atoms with E-state index in [0.29, 0.717) is 38.5 Å². The molecule has 3 atom stereocenters. The maximum atomic E-state index is 12.8. The van der Waals surface area contributed by atoms with E-state index in [9.17, 15) is 8.42 Å². The van der Waals surface area contributed by atoms with Gasteiger partial charge in [-0.1, -0.05) is 6.92 Å². The molecule has 0 aliphatic carbocycles. The second kappa shape index (κ2) is 8.08. The van der Waals surface area contributed by atoms with Gasteiger partial charge in [0.25, 0.3) is 10.2 Å². The van der Waals surface area contributed by atoms with Crippen molar-refractivity contribution in [1.82, 2.24) is 8.61 Å². The molecule has 126 valence electrons. The highest BCUT2D eigenvalue weighted by molar-refractivity contribution is 7.86. The standard InChI is InChI=1S/C13H27N3O3S.ClH/c1-11-4-3-6-15(10-11)20(17,18)16-7-5-13(19-2)8-12(16)9-14;/h11-13H,3-10,14H2,1-2H3;1H. The summed E-state index contributed by atoms with van der Waals surface area (Å²) in [5, 5.41) is 0. The molecule has 2 heterocycles. The molecule has 6 nitrogen and oxygen atoms in total. The van der Waals surface area contributed by atoms with E-state index in [-0.39, 0.29) is 24.6 Å². The molecule has 2 aliphatic rings. The van der Waals surface area contributed by atoms with Gasteiger partial charge in [-0.05, 0) is 31.6 Å². The summed E-state index contributed by atoms with van der Waals surface area (Å²) in [5.74, 6) is 0.436. The van der Waals surface area contributed by atoms with Crippen molar-refractivity contribution < 1.29 is 13.2 Å². The second-order valence-electron chi connectivity index (χ2n) is 6.00. The maximum absolute atomic E-state index is 12.8. The smallest absolute Gasteiger partial charge is 0.282 e. The Labute approximate surface area is 134 Å². The monoisotopic (exact) mass is 341 g/mol. The third-order valence-electron chi connectivity index (χ3n) is 4.46. The number of ether oxygens (including phenoxy) is 1. The van der Waals surface area contributed by atoms with Crippen molar-refractivity contribution in [3.63, 3.8) is 0 Å². The van der Waals surface area contributed by atoms with Gasteiger partial charge in [0.2, 0.25) is 0 Å². The van der Waals surface area contributed by atoms with Crippen LogP contribution in [0.1, 0.15) is 32.6 Å². The molecule has 0 aromatic carbocycles. The summed E-state index contributed by atoms with van der Waals surface area (Å²) in [6.45, 7) is 4.23. The zero-order valence-electron chi connectivity index (χ0n) is 12.9. The minimum atomic E-state index is -3.38. The van der Waals surface area contributed by atoms with Gasteiger partial charge in [-0.15, -0.1) is 12.4 Å². The first-order valence-electron chi connectivity index (χ1n) is 7.48. The minimum Gasteiger partial charge on any atom is -0.381 e. The molecular weight excluding hydrogens is 314 g/mol. The molecule has 0 amide bonds. The number of nitrogens with zero attached hydrogens (tertiary/aromatic N) is 2. The van der Waals surface area contributed by atoms with Crippen LogP contribution in [-0.2, 0) is 14.9 Å². The molecular formula is C13H28ClN3O3S. The first-order chi connectivity index (χ1) is 9.48. The van der Waals surface area contributed by atoms with E-state index in [2.05, 4.69) is 6.92 Å². The summed E-state index contributed by atoms with van der Waals surface area (Å²) in [4.78, 5) is 0. The fourth-order valence-corrected chi connectivity index (χ4v) is 5.21. The molecule has 0 saturated carbocycles. The molecule has 2 aliphatic heterocycles. The van der Waals surface area contributed by atoms with Gasteiger partial charge in [0, 0.05) is 39.3 Å². The Bertz CT molecular complexity index is 421. The average molecular weight is 342 g/mol. The van der Waals surface area contributed by atoms with E-state index >= 15 is 0 Å². The molecule has 8 heteroatoms. The molecule has 3 unspecified atom stereocenters. The van der Waals surface area contributed by atoms with Gasteiger partial charge in [0.15, 0.2) is 0 Å². The topological polar surface area (TPSA) is 75.9 Å². The van der Waals surface area contributed by atoms with Gasteiger partial charge in [0.05, 0.1) is 6.10 Å².